The van der Waals surface area contributed by atoms with E-state index in [4.69, 9.17) is 9.47 Å². The first-order valence-electron chi connectivity index (χ1n) is 37.7. The lowest BCUT2D eigenvalue weighted by molar-refractivity contribution is -0.167. The van der Waals surface area contributed by atoms with Crippen molar-refractivity contribution in [3.63, 3.8) is 0 Å². The molecule has 0 heterocycles. The number of para-hydroxylation sites is 2. The summed E-state index contributed by atoms with van der Waals surface area (Å²) < 4.78 is 14.1. The number of ether oxygens (including phenoxy) is 2. The van der Waals surface area contributed by atoms with Crippen molar-refractivity contribution in [1.82, 2.24) is 0 Å². The Hall–Kier alpha value is -13.2. The minimum atomic E-state index is -1.80. The molecule has 33 aromatic carbocycles. The van der Waals surface area contributed by atoms with E-state index in [1.54, 1.807) is 53.9 Å². The van der Waals surface area contributed by atoms with Crippen LogP contribution in [0.1, 0.15) is 57.0 Å². The second-order valence-electron chi connectivity index (χ2n) is 34.0. The molecule has 462 valence electrons. The Morgan fingerprint density at radius 3 is 0.695 bits per heavy atom. The number of carbonyl (C=O) groups excluding carboxylic acids is 2. The molecule has 0 unspecified atom stereocenters. The van der Waals surface area contributed by atoms with Crippen molar-refractivity contribution < 1.29 is 19.1 Å². The van der Waals surface area contributed by atoms with Gasteiger partial charge in [0.15, 0.2) is 5.41 Å². The monoisotopic (exact) mass is 1310 g/mol. The first kappa shape index (κ1) is 46.3. The van der Waals surface area contributed by atoms with E-state index in [-0.39, 0.29) is 13.2 Å². The van der Waals surface area contributed by atoms with Crippen LogP contribution in [0.5, 0.6) is 0 Å². The predicted molar refractivity (Wildman–Crippen MR) is 435 cm³/mol. The lowest BCUT2D eigenvalue weighted by Gasteiger charge is -2.32. The summed E-state index contributed by atoms with van der Waals surface area (Å²) in [5, 5.41) is 79.2. The quantitative estimate of drug-likeness (QED) is 0.0528. The van der Waals surface area contributed by atoms with Gasteiger partial charge in [-0.2, -0.15) is 0 Å². The van der Waals surface area contributed by atoms with Gasteiger partial charge in [0.1, 0.15) is 6.61 Å². The Labute approximate surface area is 584 Å². The Morgan fingerprint density at radius 1 is 0.257 bits per heavy atom. The zero-order valence-electron chi connectivity index (χ0n) is 55.0. The lowest BCUT2D eigenvalue weighted by atomic mass is 9.68. The van der Waals surface area contributed by atoms with Gasteiger partial charge in [-0.25, -0.2) is 0 Å². The van der Waals surface area contributed by atoms with Gasteiger partial charge in [-0.05, 0) is 384 Å². The maximum Gasteiger partial charge on any atom is 0.326 e. The summed E-state index contributed by atoms with van der Waals surface area (Å²) in [5.41, 5.74) is 9.52. The molecular formula is C100H33NO4. The number of hydrogen-bond acceptors (Lipinski definition) is 5. The summed E-state index contributed by atoms with van der Waals surface area (Å²) in [5.74, 6) is -0.861. The van der Waals surface area contributed by atoms with Crippen LogP contribution in [0.2, 0.25) is 0 Å². The fourth-order valence-electron chi connectivity index (χ4n) is 29.9. The molecule has 0 radical (unpaired) electrons. The third-order valence-corrected chi connectivity index (χ3v) is 31.7. The molecule has 5 aliphatic rings. The summed E-state index contributed by atoms with van der Waals surface area (Å²) in [7, 11) is 0. The molecule has 1 saturated carbocycles. The fraction of sp³-hybridized carbons (Fsp3) is 0.0600. The number of anilines is 3. The van der Waals surface area contributed by atoms with Crippen LogP contribution in [-0.2, 0) is 36.5 Å². The molecule has 105 heavy (non-hydrogen) atoms. The van der Waals surface area contributed by atoms with Crippen LogP contribution in [-0.4, -0.2) is 18.5 Å². The van der Waals surface area contributed by atoms with Gasteiger partial charge in [-0.15, -0.1) is 0 Å². The van der Waals surface area contributed by atoms with Crippen molar-refractivity contribution >= 4 is 344 Å². The normalized spacial score (nSPS) is 20.0. The van der Waals surface area contributed by atoms with Crippen molar-refractivity contribution in [2.24, 2.45) is 5.41 Å². The first-order valence-corrected chi connectivity index (χ1v) is 37.7. The van der Waals surface area contributed by atoms with Crippen molar-refractivity contribution in [2.45, 2.75) is 24.4 Å². The SMILES string of the molecule is CCOC(=O)C1(C(=O)OCc2ccc(/C=C/c3ccc(/C=C/c4ccc(N(c5ccccc5)c5ccccc5)cc4)cc3)cc2)C23c4c5c6c7c8c9c(c%10c%11c2c2c4c4c%12c5c5c6c6c8c8c%13c9c9c%10c%10c%11c%11c2c2c4c4c%12c%12c5c5c6c8c6c8c%13c9c9c%10c%10c%11c2c2c4c4c%12c5c6c5c8c9c%10c2c45)C713. The van der Waals surface area contributed by atoms with E-state index >= 15 is 9.59 Å². The maximum absolute atomic E-state index is 17.8. The topological polar surface area (TPSA) is 55.8 Å². The van der Waals surface area contributed by atoms with E-state index in [1.807, 2.05) is 6.92 Å². The minimum Gasteiger partial charge on any atom is -0.465 e. The summed E-state index contributed by atoms with van der Waals surface area (Å²) in [6.45, 7) is 2.12. The standard InChI is InChI=1S/C100H33NO4/c1-2-104-96(102)100(97(103)105-29-34-23-21-32(22-24-34)18-17-30-13-15-31(16-14-30)19-20-33-25-27-37(28-26-33)101(35-9-5-3-6-10-35)36-11-7-4-8-12-36)98-92-84-76-66-56-48-40-38-39-42-46-44(40)52-60-54(46)64-58-50(42)51-43(39)47-45-41(38)49(48)57-63-53(45)61-55(47)65-59(51)69-68(58)78-72(64)82-74(60)80(70(76)62(52)56)88(92)90(82)94-86(78)87-79(69)73(65)83-75(61)81-71(63)77(67(57)66)85(84)93(98)89(81)91(83)95(87)99(94,98)100/h3-28H,2,29H2,1H3/b18-17+,20-19+. The fourth-order valence-corrected chi connectivity index (χ4v) is 29.9. The van der Waals surface area contributed by atoms with Crippen LogP contribution in [0, 0.1) is 5.41 Å². The molecule has 0 amide bonds. The van der Waals surface area contributed by atoms with Gasteiger partial charge in [0.05, 0.1) is 17.4 Å². The molecule has 0 saturated heterocycles. The number of benzene rings is 23. The number of esters is 2. The highest BCUT2D eigenvalue weighted by molar-refractivity contribution is 6.82. The average molecular weight is 1310 g/mol. The molecule has 33 aromatic rings. The highest BCUT2D eigenvalue weighted by Crippen LogP contribution is 2.97. The van der Waals surface area contributed by atoms with Gasteiger partial charge in [0.2, 0.25) is 0 Å². The molecule has 0 aliphatic heterocycles. The molecular weight excluding hydrogens is 1280 g/mol. The second-order valence-corrected chi connectivity index (χ2v) is 34.0. The highest BCUT2D eigenvalue weighted by Gasteiger charge is 3.01. The smallest absolute Gasteiger partial charge is 0.326 e. The minimum absolute atomic E-state index is 0.0218. The summed E-state index contributed by atoms with van der Waals surface area (Å²) in [6.07, 6.45) is 8.66. The molecule has 5 nitrogen and oxygen atoms in total. The zero-order chi connectivity index (χ0) is 65.6. The molecule has 0 N–H and O–H groups in total. The van der Waals surface area contributed by atoms with Crippen molar-refractivity contribution in [3.05, 3.63) is 184 Å². The number of hydrogen-bond donors (Lipinski definition) is 0. The summed E-state index contributed by atoms with van der Waals surface area (Å²) in [4.78, 5) is 37.4. The Morgan fingerprint density at radius 2 is 0.457 bits per heavy atom. The molecule has 0 aromatic heterocycles. The van der Waals surface area contributed by atoms with Gasteiger partial charge >= 0.3 is 11.9 Å². The lowest BCUT2D eigenvalue weighted by Crippen LogP contribution is -2.38. The van der Waals surface area contributed by atoms with E-state index in [0.717, 1.165) is 44.9 Å². The van der Waals surface area contributed by atoms with Crippen LogP contribution in [0.15, 0.2) is 133 Å². The van der Waals surface area contributed by atoms with E-state index in [9.17, 15) is 0 Å². The maximum atomic E-state index is 17.8. The first-order chi connectivity index (χ1) is 52.1. The molecule has 38 rings (SSSR count). The molecule has 2 spiro atoms. The largest absolute Gasteiger partial charge is 0.465 e. The molecule has 5 aliphatic carbocycles. The van der Waals surface area contributed by atoms with Crippen LogP contribution >= 0.6 is 0 Å². The number of carbonyl (C=O) groups is 2. The van der Waals surface area contributed by atoms with Crippen molar-refractivity contribution in [2.75, 3.05) is 11.5 Å². The Balaban J connectivity index is 0.573. The molecule has 1 fully saturated rings. The van der Waals surface area contributed by atoms with Gasteiger partial charge < -0.3 is 14.4 Å². The van der Waals surface area contributed by atoms with Crippen molar-refractivity contribution in [3.8, 4) is 0 Å². The molecule has 0 atom stereocenters. The number of nitrogens with zero attached hydrogens (tertiary/aromatic N) is 1. The van der Waals surface area contributed by atoms with Crippen LogP contribution < -0.4 is 4.90 Å². The third-order valence-electron chi connectivity index (χ3n) is 31.7. The zero-order valence-corrected chi connectivity index (χ0v) is 55.0. The number of rotatable bonds is 12. The predicted octanol–water partition coefficient (Wildman–Crippen LogP) is 25.4. The highest BCUT2D eigenvalue weighted by atomic mass is 16.6. The third kappa shape index (κ3) is 3.33. The van der Waals surface area contributed by atoms with E-state index in [0.29, 0.717) is 0 Å². The van der Waals surface area contributed by atoms with Gasteiger partial charge in [-0.3, -0.25) is 9.59 Å². The van der Waals surface area contributed by atoms with Gasteiger partial charge in [0, 0.05) is 17.1 Å². The second kappa shape index (κ2) is 12.5. The van der Waals surface area contributed by atoms with E-state index in [1.165, 1.54) is 259 Å². The van der Waals surface area contributed by atoms with E-state index < -0.39 is 28.2 Å². The molecule has 0 bridgehead atoms. The Bertz CT molecular complexity index is 8960. The average Bonchev–Trinajstić information content (AvgIpc) is 1.35. The van der Waals surface area contributed by atoms with Gasteiger partial charge in [0.25, 0.3) is 0 Å². The van der Waals surface area contributed by atoms with E-state index in [2.05, 4.69) is 163 Å². The van der Waals surface area contributed by atoms with Crippen LogP contribution in [0.3, 0.4) is 0 Å². The summed E-state index contributed by atoms with van der Waals surface area (Å²) >= 11 is 0. The summed E-state index contributed by atoms with van der Waals surface area (Å²) in [6, 6.07) is 46.9. The Kier molecular flexibility index (Phi) is 5.52. The van der Waals surface area contributed by atoms with Crippen molar-refractivity contribution in [1.29, 1.82) is 0 Å². The molecule has 5 heteroatoms. The van der Waals surface area contributed by atoms with Gasteiger partial charge in [-0.1, -0.05) is 121 Å². The van der Waals surface area contributed by atoms with Crippen LogP contribution in [0.25, 0.3) is 315 Å². The van der Waals surface area contributed by atoms with Crippen LogP contribution in [0.4, 0.5) is 17.1 Å².